The topological polar surface area (TPSA) is 72.7 Å². The molecular weight excluding hydrogens is 408 g/mol. The number of hydrogen-bond donors (Lipinski definition) is 1. The van der Waals surface area contributed by atoms with Gasteiger partial charge in [-0.15, -0.1) is 0 Å². The molecule has 0 fully saturated rings. The Kier molecular flexibility index (Phi) is 12.1. The molecule has 0 bridgehead atoms. The van der Waals surface area contributed by atoms with Crippen LogP contribution in [0.5, 0.6) is 0 Å². The summed E-state index contributed by atoms with van der Waals surface area (Å²) in [6, 6.07) is 0. The summed E-state index contributed by atoms with van der Waals surface area (Å²) in [4.78, 5) is 31.3. The van der Waals surface area contributed by atoms with Gasteiger partial charge in [-0.3, -0.25) is 14.3 Å². The largest absolute Gasteiger partial charge is 0.329 e. The monoisotopic (exact) mass is 450 g/mol. The van der Waals surface area contributed by atoms with E-state index in [2.05, 4.69) is 23.8 Å². The Morgan fingerprint density at radius 1 is 0.806 bits per heavy atom. The first kappa shape index (κ1) is 25.8. The summed E-state index contributed by atoms with van der Waals surface area (Å²) in [6.07, 6.45) is 18.6. The van der Waals surface area contributed by atoms with Gasteiger partial charge in [0, 0.05) is 13.6 Å². The third kappa shape index (κ3) is 8.17. The maximum atomic E-state index is 12.4. The van der Waals surface area contributed by atoms with Crippen LogP contribution in [0.15, 0.2) is 14.7 Å². The van der Waals surface area contributed by atoms with Crippen LogP contribution in [-0.4, -0.2) is 24.9 Å². The Morgan fingerprint density at radius 2 is 1.32 bits per heavy atom. The molecule has 0 aliphatic heterocycles. The number of thioether (sulfide) groups is 1. The van der Waals surface area contributed by atoms with Gasteiger partial charge in [0.25, 0.3) is 5.56 Å². The first-order valence-electron chi connectivity index (χ1n) is 12.4. The summed E-state index contributed by atoms with van der Waals surface area (Å²) in [5.41, 5.74) is 0.258. The fourth-order valence-electron chi connectivity index (χ4n) is 4.13. The Balaban J connectivity index is 1.68. The van der Waals surface area contributed by atoms with Crippen LogP contribution < -0.4 is 11.2 Å². The minimum absolute atomic E-state index is 0.334. The standard InChI is InChI=1S/C24H42N4O2S/c1-4-6-7-8-9-10-11-12-13-14-15-16-17-18-19-28-20-21(25-24(28)31-5-2)27(3)23(30)26-22(20)29/h4-19H2,1-3H3,(H,26,29,30). The molecule has 0 unspecified atom stereocenters. The molecule has 2 aromatic heterocycles. The quantitative estimate of drug-likeness (QED) is 0.236. The summed E-state index contributed by atoms with van der Waals surface area (Å²) >= 11 is 1.62. The number of nitrogens with one attached hydrogen (secondary N) is 1. The number of unbranched alkanes of at least 4 members (excludes halogenated alkanes) is 13. The smallest absolute Gasteiger partial charge is 0.313 e. The van der Waals surface area contributed by atoms with Crippen LogP contribution in [0.1, 0.15) is 104 Å². The fraction of sp³-hybridized carbons (Fsp3) is 0.792. The zero-order chi connectivity index (χ0) is 22.5. The molecule has 0 aliphatic carbocycles. The Hall–Kier alpha value is -1.50. The number of hydrogen-bond acceptors (Lipinski definition) is 4. The second-order valence-corrected chi connectivity index (χ2v) is 9.80. The first-order valence-corrected chi connectivity index (χ1v) is 13.4. The van der Waals surface area contributed by atoms with Gasteiger partial charge in [0.15, 0.2) is 16.3 Å². The van der Waals surface area contributed by atoms with Crippen LogP contribution in [-0.2, 0) is 13.6 Å². The van der Waals surface area contributed by atoms with Crippen LogP contribution in [0.3, 0.4) is 0 Å². The molecule has 31 heavy (non-hydrogen) atoms. The summed E-state index contributed by atoms with van der Waals surface area (Å²) < 4.78 is 3.43. The molecule has 0 saturated heterocycles. The van der Waals surface area contributed by atoms with E-state index in [-0.39, 0.29) is 5.56 Å². The van der Waals surface area contributed by atoms with Crippen molar-refractivity contribution in [3.63, 3.8) is 0 Å². The van der Waals surface area contributed by atoms with Crippen molar-refractivity contribution in [1.29, 1.82) is 0 Å². The van der Waals surface area contributed by atoms with E-state index >= 15 is 0 Å². The van der Waals surface area contributed by atoms with Crippen molar-refractivity contribution in [2.45, 2.75) is 115 Å². The minimum atomic E-state index is -0.410. The summed E-state index contributed by atoms with van der Waals surface area (Å²) in [5.74, 6) is 0.883. The second-order valence-electron chi connectivity index (χ2n) is 8.57. The van der Waals surface area contributed by atoms with E-state index in [1.165, 1.54) is 81.6 Å². The van der Waals surface area contributed by atoms with Gasteiger partial charge in [0.2, 0.25) is 0 Å². The molecule has 2 heterocycles. The van der Waals surface area contributed by atoms with Crippen LogP contribution in [0.2, 0.25) is 0 Å². The molecule has 0 atom stereocenters. The van der Waals surface area contributed by atoms with Crippen LogP contribution in [0.4, 0.5) is 0 Å². The van der Waals surface area contributed by atoms with Gasteiger partial charge in [0.1, 0.15) is 0 Å². The van der Waals surface area contributed by atoms with Gasteiger partial charge < -0.3 is 4.57 Å². The van der Waals surface area contributed by atoms with Gasteiger partial charge in [-0.2, -0.15) is 0 Å². The number of rotatable bonds is 17. The highest BCUT2D eigenvalue weighted by Gasteiger charge is 2.16. The molecule has 2 aromatic rings. The van der Waals surface area contributed by atoms with Gasteiger partial charge in [-0.05, 0) is 12.2 Å². The molecule has 6 nitrogen and oxygen atoms in total. The highest BCUT2D eigenvalue weighted by Crippen LogP contribution is 2.22. The Labute approximate surface area is 191 Å². The molecule has 0 aromatic carbocycles. The van der Waals surface area contributed by atoms with Crippen molar-refractivity contribution in [1.82, 2.24) is 19.1 Å². The van der Waals surface area contributed by atoms with E-state index < -0.39 is 5.69 Å². The van der Waals surface area contributed by atoms with Gasteiger partial charge in [-0.1, -0.05) is 109 Å². The third-order valence-electron chi connectivity index (χ3n) is 5.98. The molecular formula is C24H42N4O2S. The van der Waals surface area contributed by atoms with E-state index in [1.807, 2.05) is 4.57 Å². The van der Waals surface area contributed by atoms with Crippen LogP contribution in [0.25, 0.3) is 11.2 Å². The lowest BCUT2D eigenvalue weighted by Gasteiger charge is -2.08. The normalized spacial score (nSPS) is 11.6. The number of aromatic amines is 1. The molecule has 0 saturated carbocycles. The minimum Gasteiger partial charge on any atom is -0.313 e. The number of imidazole rings is 1. The molecule has 7 heteroatoms. The lowest BCUT2D eigenvalue weighted by atomic mass is 10.0. The Morgan fingerprint density at radius 3 is 1.84 bits per heavy atom. The highest BCUT2D eigenvalue weighted by atomic mass is 32.2. The first-order chi connectivity index (χ1) is 15.1. The van der Waals surface area contributed by atoms with Crippen molar-refractivity contribution >= 4 is 22.9 Å². The average Bonchev–Trinajstić information content (AvgIpc) is 3.11. The van der Waals surface area contributed by atoms with E-state index in [4.69, 9.17) is 0 Å². The van der Waals surface area contributed by atoms with E-state index in [9.17, 15) is 9.59 Å². The molecule has 2 rings (SSSR count). The summed E-state index contributed by atoms with van der Waals surface area (Å²) in [6.45, 7) is 5.12. The van der Waals surface area contributed by atoms with Crippen LogP contribution in [0, 0.1) is 0 Å². The molecule has 1 N–H and O–H groups in total. The van der Waals surface area contributed by atoms with Crippen molar-refractivity contribution in [3.8, 4) is 0 Å². The molecule has 0 spiro atoms. The van der Waals surface area contributed by atoms with Gasteiger partial charge in [0.05, 0.1) is 0 Å². The average molecular weight is 451 g/mol. The van der Waals surface area contributed by atoms with Crippen molar-refractivity contribution < 1.29 is 0 Å². The number of aryl methyl sites for hydroxylation is 2. The summed E-state index contributed by atoms with van der Waals surface area (Å²) in [5, 5.41) is 0.832. The zero-order valence-corrected chi connectivity index (χ0v) is 20.7. The lowest BCUT2D eigenvalue weighted by molar-refractivity contribution is 0.519. The zero-order valence-electron chi connectivity index (χ0n) is 19.9. The van der Waals surface area contributed by atoms with E-state index in [0.717, 1.165) is 30.3 Å². The molecule has 0 radical (unpaired) electrons. The fourth-order valence-corrected chi connectivity index (χ4v) is 4.87. The second kappa shape index (κ2) is 14.5. The molecule has 0 aliphatic rings. The van der Waals surface area contributed by atoms with Gasteiger partial charge >= 0.3 is 5.69 Å². The predicted octanol–water partition coefficient (Wildman–Crippen LogP) is 6.02. The Bertz CT molecular complexity index is 884. The highest BCUT2D eigenvalue weighted by molar-refractivity contribution is 7.99. The van der Waals surface area contributed by atoms with Crippen molar-refractivity contribution in [3.05, 3.63) is 20.8 Å². The molecule has 0 amide bonds. The van der Waals surface area contributed by atoms with E-state index in [0.29, 0.717) is 11.2 Å². The van der Waals surface area contributed by atoms with Crippen LogP contribution >= 0.6 is 11.8 Å². The third-order valence-corrected chi connectivity index (χ3v) is 6.84. The van der Waals surface area contributed by atoms with Crippen molar-refractivity contribution in [2.75, 3.05) is 5.75 Å². The van der Waals surface area contributed by atoms with Crippen molar-refractivity contribution in [2.24, 2.45) is 7.05 Å². The number of H-pyrrole nitrogens is 1. The molecule has 176 valence electrons. The van der Waals surface area contributed by atoms with Gasteiger partial charge in [-0.25, -0.2) is 9.78 Å². The summed E-state index contributed by atoms with van der Waals surface area (Å²) in [7, 11) is 1.66. The predicted molar refractivity (Wildman–Crippen MR) is 132 cm³/mol. The van der Waals surface area contributed by atoms with E-state index in [1.54, 1.807) is 18.8 Å². The number of nitrogens with zero attached hydrogens (tertiary/aromatic N) is 3. The SMILES string of the molecule is CCCCCCCCCCCCCCCCn1c(SCC)nc2c1c(=O)[nH]c(=O)n2C. The lowest BCUT2D eigenvalue weighted by Crippen LogP contribution is -2.29. The number of fused-ring (bicyclic) bond motifs is 1. The maximum Gasteiger partial charge on any atom is 0.329 e. The number of aromatic nitrogens is 4. The maximum absolute atomic E-state index is 12.4.